The highest BCUT2D eigenvalue weighted by molar-refractivity contribution is 7.19. The first-order valence-electron chi connectivity index (χ1n) is 4.93. The normalized spacial score (nSPS) is 11.6. The molecule has 1 aromatic rings. The largest absolute Gasteiger partial charge is 0.167 e. The van der Waals surface area contributed by atoms with Crippen molar-refractivity contribution in [2.24, 2.45) is 0 Å². The van der Waals surface area contributed by atoms with Crippen LogP contribution in [-0.4, -0.2) is 7.38 Å². The SMILES string of the molecule is CC[Si](Cl)(CC)Cc1ccccc1. The van der Waals surface area contributed by atoms with Crippen LogP contribution in [0.3, 0.4) is 0 Å². The van der Waals surface area contributed by atoms with Gasteiger partial charge in [0.05, 0.1) is 0 Å². The Morgan fingerprint density at radius 2 is 1.62 bits per heavy atom. The van der Waals surface area contributed by atoms with Crippen LogP contribution in [-0.2, 0) is 6.04 Å². The molecule has 0 radical (unpaired) electrons. The van der Waals surface area contributed by atoms with E-state index in [1.165, 1.54) is 17.7 Å². The topological polar surface area (TPSA) is 0 Å². The summed E-state index contributed by atoms with van der Waals surface area (Å²) in [6.07, 6.45) is 0. The molecule has 72 valence electrons. The Hall–Kier alpha value is -0.273. The summed E-state index contributed by atoms with van der Waals surface area (Å²) in [7, 11) is -1.47. The summed E-state index contributed by atoms with van der Waals surface area (Å²) < 4.78 is 0. The molecule has 0 bridgehead atoms. The zero-order valence-electron chi connectivity index (χ0n) is 8.39. The van der Waals surface area contributed by atoms with E-state index in [2.05, 4.69) is 44.2 Å². The van der Waals surface area contributed by atoms with Gasteiger partial charge in [-0.1, -0.05) is 44.2 Å². The van der Waals surface area contributed by atoms with Crippen LogP contribution in [0.25, 0.3) is 0 Å². The maximum atomic E-state index is 6.58. The van der Waals surface area contributed by atoms with E-state index in [9.17, 15) is 0 Å². The van der Waals surface area contributed by atoms with E-state index in [1.54, 1.807) is 0 Å². The minimum atomic E-state index is -1.47. The van der Waals surface area contributed by atoms with E-state index in [0.29, 0.717) is 0 Å². The summed E-state index contributed by atoms with van der Waals surface area (Å²) in [4.78, 5) is 0. The highest BCUT2D eigenvalue weighted by Crippen LogP contribution is 2.24. The molecule has 0 aromatic heterocycles. The average Bonchev–Trinajstić information content (AvgIpc) is 2.19. The van der Waals surface area contributed by atoms with E-state index in [-0.39, 0.29) is 0 Å². The third-order valence-electron chi connectivity index (χ3n) is 2.63. The molecule has 2 heteroatoms. The van der Waals surface area contributed by atoms with Crippen LogP contribution in [0.15, 0.2) is 30.3 Å². The molecule has 1 aromatic carbocycles. The first-order valence-corrected chi connectivity index (χ1v) is 8.56. The maximum absolute atomic E-state index is 6.58. The lowest BCUT2D eigenvalue weighted by atomic mass is 10.2. The van der Waals surface area contributed by atoms with Gasteiger partial charge in [-0.2, -0.15) is 11.1 Å². The molecule has 0 atom stereocenters. The van der Waals surface area contributed by atoms with Crippen molar-refractivity contribution in [3.8, 4) is 0 Å². The maximum Gasteiger partial charge on any atom is 0.160 e. The number of halogens is 1. The molecule has 0 saturated carbocycles. The molecule has 0 aliphatic carbocycles. The van der Waals surface area contributed by atoms with Gasteiger partial charge in [0.15, 0.2) is 7.38 Å². The van der Waals surface area contributed by atoms with Gasteiger partial charge in [-0.05, 0) is 23.7 Å². The summed E-state index contributed by atoms with van der Waals surface area (Å²) in [5, 5.41) is 0. The quantitative estimate of drug-likeness (QED) is 0.523. The summed E-state index contributed by atoms with van der Waals surface area (Å²) in [6, 6.07) is 14.0. The van der Waals surface area contributed by atoms with Gasteiger partial charge in [-0.15, -0.1) is 0 Å². The summed E-state index contributed by atoms with van der Waals surface area (Å²) >= 11 is 6.58. The summed E-state index contributed by atoms with van der Waals surface area (Å²) in [5.74, 6) is 0. The third-order valence-corrected chi connectivity index (χ3v) is 8.21. The van der Waals surface area contributed by atoms with Gasteiger partial charge in [0.25, 0.3) is 0 Å². The molecule has 0 aliphatic heterocycles. The third kappa shape index (κ3) is 3.16. The summed E-state index contributed by atoms with van der Waals surface area (Å²) in [5.41, 5.74) is 1.40. The van der Waals surface area contributed by atoms with Crippen molar-refractivity contribution < 1.29 is 0 Å². The average molecular weight is 213 g/mol. The smallest absolute Gasteiger partial charge is 0.160 e. The number of benzene rings is 1. The Labute approximate surface area is 86.6 Å². The van der Waals surface area contributed by atoms with Gasteiger partial charge in [-0.3, -0.25) is 0 Å². The van der Waals surface area contributed by atoms with Crippen molar-refractivity contribution in [3.05, 3.63) is 35.9 Å². The number of hydrogen-bond donors (Lipinski definition) is 0. The van der Waals surface area contributed by atoms with Crippen LogP contribution in [0.1, 0.15) is 19.4 Å². The van der Waals surface area contributed by atoms with Gasteiger partial charge in [0.2, 0.25) is 0 Å². The first kappa shape index (κ1) is 10.8. The number of rotatable bonds is 4. The van der Waals surface area contributed by atoms with Crippen LogP contribution in [0.4, 0.5) is 0 Å². The van der Waals surface area contributed by atoms with Crippen LogP contribution >= 0.6 is 11.1 Å². The van der Waals surface area contributed by atoms with Crippen molar-refractivity contribution in [3.63, 3.8) is 0 Å². The van der Waals surface area contributed by atoms with Crippen molar-refractivity contribution in [2.75, 3.05) is 0 Å². The molecule has 0 nitrogen and oxygen atoms in total. The van der Waals surface area contributed by atoms with E-state index in [4.69, 9.17) is 11.1 Å². The Kier molecular flexibility index (Phi) is 4.01. The second kappa shape index (κ2) is 4.82. The molecule has 0 unspecified atom stereocenters. The highest BCUT2D eigenvalue weighted by Gasteiger charge is 2.26. The second-order valence-electron chi connectivity index (χ2n) is 3.52. The Morgan fingerprint density at radius 3 is 2.08 bits per heavy atom. The lowest BCUT2D eigenvalue weighted by Crippen LogP contribution is -2.28. The zero-order chi connectivity index (χ0) is 9.73. The van der Waals surface area contributed by atoms with Crippen LogP contribution in [0.5, 0.6) is 0 Å². The predicted molar refractivity (Wildman–Crippen MR) is 62.7 cm³/mol. The van der Waals surface area contributed by atoms with Crippen molar-refractivity contribution in [2.45, 2.75) is 32.0 Å². The van der Waals surface area contributed by atoms with Crippen molar-refractivity contribution >= 4 is 18.5 Å². The molecule has 0 aliphatic rings. The monoisotopic (exact) mass is 212 g/mol. The standard InChI is InChI=1S/C11H17ClSi/c1-3-13(12,4-2)10-11-8-6-5-7-9-11/h5-9H,3-4,10H2,1-2H3. The molecule has 0 amide bonds. The lowest BCUT2D eigenvalue weighted by Gasteiger charge is -2.20. The molecular weight excluding hydrogens is 196 g/mol. The van der Waals surface area contributed by atoms with Crippen LogP contribution in [0.2, 0.25) is 12.1 Å². The molecule has 13 heavy (non-hydrogen) atoms. The fourth-order valence-corrected chi connectivity index (χ4v) is 3.89. The molecule has 0 spiro atoms. The van der Waals surface area contributed by atoms with Crippen LogP contribution < -0.4 is 0 Å². The van der Waals surface area contributed by atoms with E-state index >= 15 is 0 Å². The molecule has 0 saturated heterocycles. The number of hydrogen-bond acceptors (Lipinski definition) is 0. The summed E-state index contributed by atoms with van der Waals surface area (Å²) in [6.45, 7) is 4.43. The van der Waals surface area contributed by atoms with Gasteiger partial charge in [0.1, 0.15) is 0 Å². The Bertz CT molecular complexity index is 242. The molecule has 0 N–H and O–H groups in total. The van der Waals surface area contributed by atoms with Crippen molar-refractivity contribution in [1.82, 2.24) is 0 Å². The second-order valence-corrected chi connectivity index (χ2v) is 10.00. The van der Waals surface area contributed by atoms with Crippen molar-refractivity contribution in [1.29, 1.82) is 0 Å². The molecule has 0 heterocycles. The molecule has 0 fully saturated rings. The van der Waals surface area contributed by atoms with E-state index in [0.717, 1.165) is 6.04 Å². The fourth-order valence-electron chi connectivity index (χ4n) is 1.46. The lowest BCUT2D eigenvalue weighted by molar-refractivity contribution is 1.20. The molecule has 1 rings (SSSR count). The van der Waals surface area contributed by atoms with Gasteiger partial charge >= 0.3 is 0 Å². The van der Waals surface area contributed by atoms with Gasteiger partial charge < -0.3 is 0 Å². The van der Waals surface area contributed by atoms with E-state index in [1.807, 2.05) is 0 Å². The van der Waals surface area contributed by atoms with Crippen LogP contribution in [0, 0.1) is 0 Å². The molecular formula is C11H17ClSi. The predicted octanol–water partition coefficient (Wildman–Crippen LogP) is 3.99. The van der Waals surface area contributed by atoms with Gasteiger partial charge in [-0.25, -0.2) is 0 Å². The zero-order valence-corrected chi connectivity index (χ0v) is 10.1. The Morgan fingerprint density at radius 1 is 1.08 bits per heavy atom. The highest BCUT2D eigenvalue weighted by atomic mass is 35.6. The fraction of sp³-hybridized carbons (Fsp3) is 0.455. The van der Waals surface area contributed by atoms with E-state index < -0.39 is 7.38 Å². The minimum Gasteiger partial charge on any atom is -0.167 e. The first-order chi connectivity index (χ1) is 6.20. The minimum absolute atomic E-state index is 1.11. The Balaban J connectivity index is 2.68. The van der Waals surface area contributed by atoms with Gasteiger partial charge in [0, 0.05) is 0 Å².